The van der Waals surface area contributed by atoms with Gasteiger partial charge in [0.1, 0.15) is 17.1 Å². The lowest BCUT2D eigenvalue weighted by molar-refractivity contribution is -0.137. The van der Waals surface area contributed by atoms with Gasteiger partial charge in [-0.25, -0.2) is 4.98 Å². The number of aliphatic carboxylic acids is 1. The van der Waals surface area contributed by atoms with Crippen LogP contribution in [-0.4, -0.2) is 29.1 Å². The van der Waals surface area contributed by atoms with E-state index in [1.54, 1.807) is 24.3 Å². The third kappa shape index (κ3) is 5.15. The van der Waals surface area contributed by atoms with Crippen LogP contribution in [0.1, 0.15) is 34.1 Å². The molecule has 154 valence electrons. The summed E-state index contributed by atoms with van der Waals surface area (Å²) in [6, 6.07) is 16.9. The number of halogens is 1. The van der Waals surface area contributed by atoms with E-state index < -0.39 is 17.9 Å². The summed E-state index contributed by atoms with van der Waals surface area (Å²) in [5.41, 5.74) is 3.07. The molecule has 0 aliphatic rings. The van der Waals surface area contributed by atoms with Crippen LogP contribution in [0.3, 0.4) is 0 Å². The molecule has 0 fully saturated rings. The van der Waals surface area contributed by atoms with Crippen molar-refractivity contribution < 1.29 is 19.4 Å². The fourth-order valence-corrected chi connectivity index (χ4v) is 3.23. The lowest BCUT2D eigenvalue weighted by Crippen LogP contribution is -2.30. The molecule has 0 saturated carbocycles. The largest absolute Gasteiger partial charge is 0.494 e. The van der Waals surface area contributed by atoms with Crippen molar-refractivity contribution in [1.82, 2.24) is 10.3 Å². The Bertz CT molecular complexity index is 1070. The molecule has 2 aromatic carbocycles. The van der Waals surface area contributed by atoms with Crippen LogP contribution < -0.4 is 10.1 Å². The molecule has 1 atom stereocenters. The maximum absolute atomic E-state index is 12.9. The van der Waals surface area contributed by atoms with E-state index in [1.807, 2.05) is 37.3 Å². The number of hydrogen-bond acceptors (Lipinski definition) is 4. The fourth-order valence-electron chi connectivity index (χ4n) is 3.04. The predicted molar refractivity (Wildman–Crippen MR) is 115 cm³/mol. The Balaban J connectivity index is 1.92. The molecule has 1 heterocycles. The van der Waals surface area contributed by atoms with Crippen molar-refractivity contribution in [2.75, 3.05) is 7.11 Å². The number of rotatable bonds is 7. The number of aromatic nitrogens is 1. The van der Waals surface area contributed by atoms with Crippen molar-refractivity contribution in [3.8, 4) is 17.0 Å². The Labute approximate surface area is 179 Å². The number of amides is 1. The van der Waals surface area contributed by atoms with Gasteiger partial charge in [0.15, 0.2) is 0 Å². The van der Waals surface area contributed by atoms with E-state index in [0.29, 0.717) is 27.6 Å². The number of carboxylic acids is 1. The summed E-state index contributed by atoms with van der Waals surface area (Å²) in [5, 5.41) is 12.6. The molecular formula is C23H21ClN2O4. The molecule has 3 aromatic rings. The second kappa shape index (κ2) is 9.41. The van der Waals surface area contributed by atoms with E-state index in [2.05, 4.69) is 10.3 Å². The molecule has 0 unspecified atom stereocenters. The van der Waals surface area contributed by atoms with Gasteiger partial charge in [-0.2, -0.15) is 0 Å². The average Bonchev–Trinajstić information content (AvgIpc) is 2.73. The van der Waals surface area contributed by atoms with Crippen molar-refractivity contribution in [2.24, 2.45) is 0 Å². The first-order valence-corrected chi connectivity index (χ1v) is 9.65. The van der Waals surface area contributed by atoms with Gasteiger partial charge in [-0.1, -0.05) is 53.6 Å². The minimum atomic E-state index is -1.01. The highest BCUT2D eigenvalue weighted by atomic mass is 35.5. The Morgan fingerprint density at radius 1 is 1.13 bits per heavy atom. The minimum absolute atomic E-state index is 0.147. The summed E-state index contributed by atoms with van der Waals surface area (Å²) >= 11 is 6.09. The van der Waals surface area contributed by atoms with Crippen LogP contribution in [0, 0.1) is 6.92 Å². The molecule has 1 aromatic heterocycles. The summed E-state index contributed by atoms with van der Waals surface area (Å²) in [5.74, 6) is -0.995. The van der Waals surface area contributed by atoms with E-state index >= 15 is 0 Å². The van der Waals surface area contributed by atoms with Crippen LogP contribution in [0.4, 0.5) is 0 Å². The summed E-state index contributed by atoms with van der Waals surface area (Å²) in [4.78, 5) is 28.7. The van der Waals surface area contributed by atoms with Gasteiger partial charge in [0.25, 0.3) is 5.91 Å². The number of pyridine rings is 1. The van der Waals surface area contributed by atoms with Crippen LogP contribution >= 0.6 is 11.6 Å². The van der Waals surface area contributed by atoms with Gasteiger partial charge in [0.2, 0.25) is 0 Å². The zero-order valence-corrected chi connectivity index (χ0v) is 17.3. The van der Waals surface area contributed by atoms with Crippen molar-refractivity contribution >= 4 is 23.5 Å². The molecule has 0 aliphatic heterocycles. The number of aryl methyl sites for hydroxylation is 1. The van der Waals surface area contributed by atoms with Crippen molar-refractivity contribution in [3.05, 3.63) is 82.5 Å². The van der Waals surface area contributed by atoms with Crippen LogP contribution in [0.25, 0.3) is 11.3 Å². The van der Waals surface area contributed by atoms with E-state index in [9.17, 15) is 14.7 Å². The molecule has 30 heavy (non-hydrogen) atoms. The Morgan fingerprint density at radius 2 is 1.87 bits per heavy atom. The second-order valence-electron chi connectivity index (χ2n) is 6.79. The standard InChI is InChI=1S/C23H21ClN2O4/c1-14-6-8-15(9-7-14)19(13-21(27)28)26-23(29)18-10-11-20(30-2)22(25-18)16-4-3-5-17(24)12-16/h3-12,19H,13H2,1-2H3,(H,26,29)(H,27,28)/t19-/m0/s1. The Morgan fingerprint density at radius 3 is 2.50 bits per heavy atom. The molecule has 0 saturated heterocycles. The highest BCUT2D eigenvalue weighted by Gasteiger charge is 2.21. The molecule has 2 N–H and O–H groups in total. The fraction of sp³-hybridized carbons (Fsp3) is 0.174. The maximum atomic E-state index is 12.9. The van der Waals surface area contributed by atoms with Gasteiger partial charge in [0, 0.05) is 10.6 Å². The first kappa shape index (κ1) is 21.3. The molecule has 1 amide bonds. The summed E-state index contributed by atoms with van der Waals surface area (Å²) in [7, 11) is 1.52. The zero-order chi connectivity index (χ0) is 21.7. The van der Waals surface area contributed by atoms with Crippen LogP contribution in [-0.2, 0) is 4.79 Å². The lowest BCUT2D eigenvalue weighted by Gasteiger charge is -2.18. The summed E-state index contributed by atoms with van der Waals surface area (Å²) in [6.07, 6.45) is -0.244. The number of carbonyl (C=O) groups excluding carboxylic acids is 1. The van der Waals surface area contributed by atoms with E-state index in [-0.39, 0.29) is 12.1 Å². The van der Waals surface area contributed by atoms with Crippen LogP contribution in [0.15, 0.2) is 60.7 Å². The van der Waals surface area contributed by atoms with Gasteiger partial charge in [0.05, 0.1) is 19.6 Å². The predicted octanol–water partition coefficient (Wildman–Crippen LogP) is 4.66. The van der Waals surface area contributed by atoms with Crippen LogP contribution in [0.5, 0.6) is 5.75 Å². The number of ether oxygens (including phenoxy) is 1. The number of nitrogens with zero attached hydrogens (tertiary/aromatic N) is 1. The number of carbonyl (C=O) groups is 2. The van der Waals surface area contributed by atoms with E-state index in [1.165, 1.54) is 13.2 Å². The highest BCUT2D eigenvalue weighted by molar-refractivity contribution is 6.30. The molecule has 0 spiro atoms. The minimum Gasteiger partial charge on any atom is -0.494 e. The molecule has 0 radical (unpaired) electrons. The average molecular weight is 425 g/mol. The SMILES string of the molecule is COc1ccc(C(=O)N[C@@H](CC(=O)O)c2ccc(C)cc2)nc1-c1cccc(Cl)c1. The molecular weight excluding hydrogens is 404 g/mol. The quantitative estimate of drug-likeness (QED) is 0.575. The molecule has 3 rings (SSSR count). The summed E-state index contributed by atoms with van der Waals surface area (Å²) < 4.78 is 5.37. The topological polar surface area (TPSA) is 88.5 Å². The first-order valence-electron chi connectivity index (χ1n) is 9.27. The van der Waals surface area contributed by atoms with Crippen molar-refractivity contribution in [3.63, 3.8) is 0 Å². The smallest absolute Gasteiger partial charge is 0.305 e. The lowest BCUT2D eigenvalue weighted by atomic mass is 10.0. The van der Waals surface area contributed by atoms with Gasteiger partial charge >= 0.3 is 5.97 Å². The number of carboxylic acid groups (broad SMARTS) is 1. The monoisotopic (exact) mass is 424 g/mol. The Kier molecular flexibility index (Phi) is 6.69. The first-order chi connectivity index (χ1) is 14.4. The molecule has 0 aliphatic carbocycles. The molecule has 7 heteroatoms. The van der Waals surface area contributed by atoms with Gasteiger partial charge in [-0.3, -0.25) is 9.59 Å². The highest BCUT2D eigenvalue weighted by Crippen LogP contribution is 2.30. The maximum Gasteiger partial charge on any atom is 0.305 e. The van der Waals surface area contributed by atoms with Gasteiger partial charge in [-0.15, -0.1) is 0 Å². The number of benzene rings is 2. The third-order valence-electron chi connectivity index (χ3n) is 4.57. The van der Waals surface area contributed by atoms with E-state index in [0.717, 1.165) is 5.56 Å². The Hall–Kier alpha value is -3.38. The molecule has 0 bridgehead atoms. The van der Waals surface area contributed by atoms with Crippen molar-refractivity contribution in [1.29, 1.82) is 0 Å². The number of methoxy groups -OCH3 is 1. The number of nitrogens with one attached hydrogen (secondary N) is 1. The van der Waals surface area contributed by atoms with Gasteiger partial charge in [-0.05, 0) is 36.8 Å². The zero-order valence-electron chi connectivity index (χ0n) is 16.6. The molecule has 6 nitrogen and oxygen atoms in total. The second-order valence-corrected chi connectivity index (χ2v) is 7.23. The normalized spacial score (nSPS) is 11.6. The van der Waals surface area contributed by atoms with Crippen molar-refractivity contribution in [2.45, 2.75) is 19.4 Å². The van der Waals surface area contributed by atoms with Crippen LogP contribution in [0.2, 0.25) is 5.02 Å². The summed E-state index contributed by atoms with van der Waals surface area (Å²) in [6.45, 7) is 1.94. The van der Waals surface area contributed by atoms with Gasteiger partial charge < -0.3 is 15.2 Å². The number of hydrogen-bond donors (Lipinski definition) is 2. The van der Waals surface area contributed by atoms with E-state index in [4.69, 9.17) is 16.3 Å². The third-order valence-corrected chi connectivity index (χ3v) is 4.81.